The zero-order valence-electron chi connectivity index (χ0n) is 35.4. The largest absolute Gasteiger partial charge is 2.00 e. The van der Waals surface area contributed by atoms with Crippen LogP contribution in [0.1, 0.15) is 101 Å². The van der Waals surface area contributed by atoms with Crippen LogP contribution in [0.3, 0.4) is 0 Å². The van der Waals surface area contributed by atoms with Crippen molar-refractivity contribution in [1.29, 1.82) is 0 Å². The van der Waals surface area contributed by atoms with Crippen LogP contribution in [0.25, 0.3) is 0 Å². The van der Waals surface area contributed by atoms with Gasteiger partial charge in [-0.15, -0.1) is 9.24 Å². The first kappa shape index (κ1) is 42.1. The molecule has 0 aromatic heterocycles. The molecule has 4 N–H and O–H groups in total. The van der Waals surface area contributed by atoms with Gasteiger partial charge in [-0.05, 0) is 168 Å². The summed E-state index contributed by atoms with van der Waals surface area (Å²) in [4.78, 5) is 0. The van der Waals surface area contributed by atoms with Gasteiger partial charge in [0.05, 0.1) is 20.4 Å². The van der Waals surface area contributed by atoms with Crippen LogP contribution in [0.15, 0.2) is 36.4 Å². The molecule has 4 nitrogen and oxygen atoms in total. The van der Waals surface area contributed by atoms with Gasteiger partial charge in [0, 0.05) is 13.2 Å². The van der Waals surface area contributed by atoms with Gasteiger partial charge < -0.3 is 21.3 Å². The average Bonchev–Trinajstić information content (AvgIpc) is 3.83. The quantitative estimate of drug-likeness (QED) is 0.116. The standard InChI is InChI=1S/C41H71N4P2Si2.C5H5.Fe/c1-48(2,3)35-19-34(41(46,37-42-9-7-10-43-37)38-44-11-8-12-45-38)33(36(35)49(4,5)6)26-47(39-20-27-13-28(21-39)15-29(14-27)22-39)40-23-30-16-31(24-40)18-32(17-30)25-40;1-2-4-5-3-1;/h19,27-32,37-38,42-45H,7-18,20-26,46H2,1-6H3;1-5H;/q2*-1;+2. The molecule has 2 aromatic rings. The van der Waals surface area contributed by atoms with Crippen molar-refractivity contribution in [2.75, 3.05) is 26.2 Å². The Morgan fingerprint density at radius 2 is 1.07 bits per heavy atom. The number of hydrogen-bond acceptors (Lipinski definition) is 4. The molecule has 0 radical (unpaired) electrons. The van der Waals surface area contributed by atoms with Crippen LogP contribution >= 0.6 is 17.2 Å². The molecule has 8 saturated carbocycles. The smallest absolute Gasteiger partial charge is 0.302 e. The van der Waals surface area contributed by atoms with Gasteiger partial charge in [0.2, 0.25) is 0 Å². The first-order valence-electron chi connectivity index (χ1n) is 22.8. The van der Waals surface area contributed by atoms with Crippen LogP contribution in [0.5, 0.6) is 0 Å². The maximum Gasteiger partial charge on any atom is 2.00 e. The van der Waals surface area contributed by atoms with Crippen LogP contribution in [-0.4, -0.2) is 65.0 Å². The Morgan fingerprint density at radius 3 is 1.38 bits per heavy atom. The Morgan fingerprint density at radius 1 is 0.691 bits per heavy atom. The third kappa shape index (κ3) is 7.90. The topological polar surface area (TPSA) is 48.1 Å². The van der Waals surface area contributed by atoms with E-state index in [0.717, 1.165) is 61.7 Å². The minimum absolute atomic E-state index is 0. The summed E-state index contributed by atoms with van der Waals surface area (Å²) in [6.07, 6.45) is 23.5. The molecule has 8 bridgehead atoms. The molecule has 55 heavy (non-hydrogen) atoms. The van der Waals surface area contributed by atoms with Crippen LogP contribution in [0.4, 0.5) is 0 Å². The molecular formula is C46H76FeN4P2Si2. The van der Waals surface area contributed by atoms with E-state index >= 15 is 0 Å². The first-order valence-corrected chi connectivity index (χ1v) is 31.9. The van der Waals surface area contributed by atoms with E-state index in [1.165, 1.54) is 19.0 Å². The Labute approximate surface area is 352 Å². The fourth-order valence-corrected chi connectivity index (χ4v) is 27.0. The zero-order valence-corrected chi connectivity index (χ0v) is 40.5. The Bertz CT molecular complexity index is 1450. The summed E-state index contributed by atoms with van der Waals surface area (Å²) in [6, 6.07) is 12.9. The first-order chi connectivity index (χ1) is 25.8. The van der Waals surface area contributed by atoms with Crippen LogP contribution in [0, 0.1) is 35.5 Å². The summed E-state index contributed by atoms with van der Waals surface area (Å²) in [5.74, 6) is 6.28. The van der Waals surface area contributed by atoms with Crippen molar-refractivity contribution in [2.45, 2.75) is 163 Å². The Kier molecular flexibility index (Phi) is 12.2. The van der Waals surface area contributed by atoms with Gasteiger partial charge in [-0.2, -0.15) is 39.7 Å². The van der Waals surface area contributed by atoms with Gasteiger partial charge in [0.1, 0.15) is 0 Å². The van der Waals surface area contributed by atoms with Crippen molar-refractivity contribution in [3.8, 4) is 0 Å². The molecule has 1 atom stereocenters. The summed E-state index contributed by atoms with van der Waals surface area (Å²) in [5, 5.41) is 21.3. The van der Waals surface area contributed by atoms with Gasteiger partial charge in [-0.1, -0.05) is 47.2 Å². The molecule has 0 spiro atoms. The van der Waals surface area contributed by atoms with Gasteiger partial charge in [-0.3, -0.25) is 0 Å². The SMILES string of the molecule is C[Si](C)(C)c1cc(C(P)(C2NCCCN2)C2NCCCN2)c(CP(C23CC4CC(CC(C4)C2)C3)C23CC4CC(CC(C4)C2)C3)[c-]1[Si](C)(C)C.[Fe+2].c1cc[cH-]c1. The van der Waals surface area contributed by atoms with Crippen molar-refractivity contribution in [2.24, 2.45) is 35.5 Å². The summed E-state index contributed by atoms with van der Waals surface area (Å²) in [7, 11) is 0.183. The molecule has 0 amide bonds. The summed E-state index contributed by atoms with van der Waals surface area (Å²) >= 11 is 0. The van der Waals surface area contributed by atoms with Crippen molar-refractivity contribution in [3.05, 3.63) is 47.5 Å². The van der Waals surface area contributed by atoms with Crippen LogP contribution in [0.2, 0.25) is 39.3 Å². The average molecular weight is 859 g/mol. The molecule has 2 aliphatic heterocycles. The zero-order chi connectivity index (χ0) is 37.5. The third-order valence-electron chi connectivity index (χ3n) is 16.3. The molecular weight excluding hydrogens is 782 g/mol. The molecule has 12 rings (SSSR count). The minimum Gasteiger partial charge on any atom is -0.302 e. The van der Waals surface area contributed by atoms with E-state index < -0.39 is 16.1 Å². The van der Waals surface area contributed by atoms with E-state index in [0.29, 0.717) is 10.3 Å². The van der Waals surface area contributed by atoms with E-state index in [9.17, 15) is 0 Å². The molecule has 9 heteroatoms. The van der Waals surface area contributed by atoms with Crippen molar-refractivity contribution < 1.29 is 17.1 Å². The predicted molar refractivity (Wildman–Crippen MR) is 243 cm³/mol. The van der Waals surface area contributed by atoms with Gasteiger partial charge >= 0.3 is 17.1 Å². The summed E-state index contributed by atoms with van der Waals surface area (Å²) < 4.78 is 0. The Balaban J connectivity index is 0.000000661. The molecule has 10 aliphatic rings. The Hall–Kier alpha value is 0.353. The maximum atomic E-state index is 4.08. The second-order valence-electron chi connectivity index (χ2n) is 22.5. The molecule has 2 saturated heterocycles. The molecule has 8 aliphatic carbocycles. The van der Waals surface area contributed by atoms with Crippen molar-refractivity contribution >= 4 is 43.7 Å². The minimum atomic E-state index is -1.68. The van der Waals surface area contributed by atoms with E-state index in [1.807, 2.05) is 46.3 Å². The van der Waals surface area contributed by atoms with Gasteiger partial charge in [0.25, 0.3) is 0 Å². The fourth-order valence-electron chi connectivity index (χ4n) is 15.2. The van der Waals surface area contributed by atoms with Crippen molar-refractivity contribution in [3.63, 3.8) is 0 Å². The predicted octanol–water partition coefficient (Wildman–Crippen LogP) is 8.71. The molecule has 1 unspecified atom stereocenters. The number of hydrogen-bond donors (Lipinski definition) is 4. The third-order valence-corrected chi connectivity index (χ3v) is 25.6. The maximum absolute atomic E-state index is 4.08. The van der Waals surface area contributed by atoms with Gasteiger partial charge in [-0.25, -0.2) is 18.2 Å². The number of rotatable bonds is 9. The molecule has 10 fully saturated rings. The molecule has 2 aromatic carbocycles. The summed E-state index contributed by atoms with van der Waals surface area (Å²) in [6.45, 7) is 20.6. The molecule has 306 valence electrons. The van der Waals surface area contributed by atoms with Crippen LogP contribution in [-0.2, 0) is 28.4 Å². The normalized spacial score (nSPS) is 36.7. The van der Waals surface area contributed by atoms with E-state index in [2.05, 4.69) is 75.9 Å². The van der Waals surface area contributed by atoms with E-state index in [-0.39, 0.29) is 42.5 Å². The number of nitrogens with one attached hydrogen (secondary N) is 4. The second-order valence-corrected chi connectivity index (χ2v) is 36.5. The second kappa shape index (κ2) is 16.0. The van der Waals surface area contributed by atoms with Crippen molar-refractivity contribution in [1.82, 2.24) is 21.3 Å². The van der Waals surface area contributed by atoms with E-state index in [4.69, 9.17) is 0 Å². The van der Waals surface area contributed by atoms with Gasteiger partial charge in [0.15, 0.2) is 0 Å². The summed E-state index contributed by atoms with van der Waals surface area (Å²) in [5.41, 5.74) is 3.64. The monoisotopic (exact) mass is 858 g/mol. The van der Waals surface area contributed by atoms with Crippen LogP contribution < -0.4 is 31.6 Å². The fraction of sp³-hybridized carbons (Fsp3) is 0.783. The molecule has 2 heterocycles. The van der Waals surface area contributed by atoms with E-state index in [1.54, 1.807) is 82.6 Å².